The van der Waals surface area contributed by atoms with Gasteiger partial charge in [-0.1, -0.05) is 6.07 Å². The third kappa shape index (κ3) is 2.55. The van der Waals surface area contributed by atoms with Gasteiger partial charge in [-0.2, -0.15) is 0 Å². The van der Waals surface area contributed by atoms with Crippen LogP contribution < -0.4 is 14.8 Å². The predicted octanol–water partition coefficient (Wildman–Crippen LogP) is 3.47. The van der Waals surface area contributed by atoms with Crippen molar-refractivity contribution >= 4 is 22.6 Å². The van der Waals surface area contributed by atoms with Gasteiger partial charge in [0, 0.05) is 17.6 Å². The Bertz CT molecular complexity index is 899. The molecule has 0 bridgehead atoms. The fourth-order valence-electron chi connectivity index (χ4n) is 2.51. The van der Waals surface area contributed by atoms with Crippen LogP contribution in [0.5, 0.6) is 11.5 Å². The van der Waals surface area contributed by atoms with Gasteiger partial charge < -0.3 is 24.3 Å². The van der Waals surface area contributed by atoms with Crippen molar-refractivity contribution in [2.24, 2.45) is 0 Å². The summed E-state index contributed by atoms with van der Waals surface area (Å²) in [6.07, 6.45) is 0. The summed E-state index contributed by atoms with van der Waals surface area (Å²) in [4.78, 5) is 10.9. The van der Waals surface area contributed by atoms with Gasteiger partial charge in [-0.3, -0.25) is 0 Å². The third-order valence-electron chi connectivity index (χ3n) is 3.66. The summed E-state index contributed by atoms with van der Waals surface area (Å²) in [6.45, 7) is 0.876. The zero-order valence-electron chi connectivity index (χ0n) is 12.0. The van der Waals surface area contributed by atoms with Crippen LogP contribution in [0.1, 0.15) is 16.1 Å². The number of benzene rings is 2. The lowest BCUT2D eigenvalue weighted by atomic mass is 10.2. The van der Waals surface area contributed by atoms with E-state index in [1.807, 2.05) is 30.3 Å². The van der Waals surface area contributed by atoms with Crippen molar-refractivity contribution in [3.8, 4) is 11.5 Å². The van der Waals surface area contributed by atoms with Crippen molar-refractivity contribution in [2.75, 3.05) is 12.1 Å². The van der Waals surface area contributed by atoms with Crippen molar-refractivity contribution in [2.45, 2.75) is 6.54 Å². The summed E-state index contributed by atoms with van der Waals surface area (Å²) < 4.78 is 15.9. The first-order valence-electron chi connectivity index (χ1n) is 7.08. The molecule has 1 aliphatic heterocycles. The first-order chi connectivity index (χ1) is 11.2. The maximum Gasteiger partial charge on any atom is 0.371 e. The number of carboxylic acid groups (broad SMARTS) is 1. The van der Waals surface area contributed by atoms with E-state index in [2.05, 4.69) is 5.32 Å². The highest BCUT2D eigenvalue weighted by Gasteiger charge is 2.13. The molecule has 0 atom stereocenters. The molecule has 0 saturated carbocycles. The Labute approximate surface area is 131 Å². The van der Waals surface area contributed by atoms with Crippen LogP contribution in [-0.4, -0.2) is 17.9 Å². The van der Waals surface area contributed by atoms with Crippen molar-refractivity contribution in [3.05, 3.63) is 53.8 Å². The molecule has 0 saturated heterocycles. The smallest absolute Gasteiger partial charge is 0.371 e. The molecule has 0 fully saturated rings. The average molecular weight is 311 g/mol. The molecule has 0 aliphatic carbocycles. The fraction of sp³-hybridized carbons (Fsp3) is 0.118. The van der Waals surface area contributed by atoms with Crippen molar-refractivity contribution in [3.63, 3.8) is 0 Å². The Morgan fingerprint density at radius 3 is 2.83 bits per heavy atom. The molecule has 0 amide bonds. The summed E-state index contributed by atoms with van der Waals surface area (Å²) >= 11 is 0. The topological polar surface area (TPSA) is 80.9 Å². The third-order valence-corrected chi connectivity index (χ3v) is 3.66. The van der Waals surface area contributed by atoms with E-state index in [0.717, 1.165) is 28.1 Å². The standard InChI is InChI=1S/C17H13NO5/c19-17(20)16-7-11-6-12(2-4-13(11)23-16)18-8-10-1-3-14-15(5-10)22-9-21-14/h1-7,18H,8-9H2,(H,19,20). The van der Waals surface area contributed by atoms with Crippen LogP contribution in [0, 0.1) is 0 Å². The quantitative estimate of drug-likeness (QED) is 0.768. The number of ether oxygens (including phenoxy) is 2. The second kappa shape index (κ2) is 5.24. The average Bonchev–Trinajstić information content (AvgIpc) is 3.18. The number of nitrogens with one attached hydrogen (secondary N) is 1. The molecule has 3 aromatic rings. The Hall–Kier alpha value is -3.15. The minimum absolute atomic E-state index is 0.0621. The molecule has 4 rings (SSSR count). The molecular formula is C17H13NO5. The van der Waals surface area contributed by atoms with E-state index in [0.29, 0.717) is 12.1 Å². The number of carbonyl (C=O) groups is 1. The second-order valence-electron chi connectivity index (χ2n) is 5.21. The largest absolute Gasteiger partial charge is 0.475 e. The van der Waals surface area contributed by atoms with Gasteiger partial charge in [-0.05, 0) is 42.0 Å². The lowest BCUT2D eigenvalue weighted by Gasteiger charge is -2.07. The first kappa shape index (κ1) is 13.5. The van der Waals surface area contributed by atoms with Crippen LogP contribution >= 0.6 is 0 Å². The second-order valence-corrected chi connectivity index (χ2v) is 5.21. The van der Waals surface area contributed by atoms with Crippen molar-refractivity contribution < 1.29 is 23.8 Å². The number of anilines is 1. The van der Waals surface area contributed by atoms with E-state index < -0.39 is 5.97 Å². The molecule has 1 aromatic heterocycles. The van der Waals surface area contributed by atoms with E-state index in [4.69, 9.17) is 19.0 Å². The number of fused-ring (bicyclic) bond motifs is 2. The monoisotopic (exact) mass is 311 g/mol. The van der Waals surface area contributed by atoms with Gasteiger partial charge >= 0.3 is 5.97 Å². The zero-order valence-corrected chi connectivity index (χ0v) is 12.0. The van der Waals surface area contributed by atoms with E-state index >= 15 is 0 Å². The number of hydrogen-bond acceptors (Lipinski definition) is 5. The Kier molecular flexibility index (Phi) is 3.08. The highest BCUT2D eigenvalue weighted by Crippen LogP contribution is 2.32. The maximum absolute atomic E-state index is 10.9. The molecule has 1 aliphatic rings. The molecule has 0 radical (unpaired) electrons. The van der Waals surface area contributed by atoms with Crippen molar-refractivity contribution in [1.29, 1.82) is 0 Å². The molecule has 6 nitrogen and oxygen atoms in total. The lowest BCUT2D eigenvalue weighted by Crippen LogP contribution is -1.99. The molecule has 23 heavy (non-hydrogen) atoms. The maximum atomic E-state index is 10.9. The molecule has 6 heteroatoms. The SMILES string of the molecule is O=C(O)c1cc2cc(NCc3ccc4c(c3)OCO4)ccc2o1. The van der Waals surface area contributed by atoms with Crippen LogP contribution in [0.25, 0.3) is 11.0 Å². The number of carboxylic acids is 1. The Balaban J connectivity index is 1.52. The van der Waals surface area contributed by atoms with Gasteiger partial charge in [0.15, 0.2) is 11.5 Å². The minimum atomic E-state index is -1.07. The summed E-state index contributed by atoms with van der Waals surface area (Å²) in [5.41, 5.74) is 2.50. The number of aromatic carboxylic acids is 1. The molecule has 2 aromatic carbocycles. The van der Waals surface area contributed by atoms with E-state index in [9.17, 15) is 4.79 Å². The highest BCUT2D eigenvalue weighted by molar-refractivity contribution is 5.92. The highest BCUT2D eigenvalue weighted by atomic mass is 16.7. The fourth-order valence-corrected chi connectivity index (χ4v) is 2.51. The lowest BCUT2D eigenvalue weighted by molar-refractivity contribution is 0.0665. The van der Waals surface area contributed by atoms with Gasteiger partial charge in [0.25, 0.3) is 0 Å². The molecule has 0 unspecified atom stereocenters. The van der Waals surface area contributed by atoms with E-state index in [-0.39, 0.29) is 12.6 Å². The van der Waals surface area contributed by atoms with E-state index in [1.165, 1.54) is 6.07 Å². The summed E-state index contributed by atoms with van der Waals surface area (Å²) in [5.74, 6) is 0.374. The van der Waals surface area contributed by atoms with Crippen LogP contribution in [0.4, 0.5) is 5.69 Å². The summed E-state index contributed by atoms with van der Waals surface area (Å²) in [5, 5.41) is 13.0. The van der Waals surface area contributed by atoms with Gasteiger partial charge in [-0.15, -0.1) is 0 Å². The molecule has 116 valence electrons. The molecular weight excluding hydrogens is 298 g/mol. The summed E-state index contributed by atoms with van der Waals surface area (Å²) in [7, 11) is 0. The normalized spacial score (nSPS) is 12.5. The number of furan rings is 1. The van der Waals surface area contributed by atoms with Crippen LogP contribution in [0.2, 0.25) is 0 Å². The van der Waals surface area contributed by atoms with Gasteiger partial charge in [0.2, 0.25) is 12.6 Å². The van der Waals surface area contributed by atoms with Gasteiger partial charge in [-0.25, -0.2) is 4.79 Å². The van der Waals surface area contributed by atoms with Gasteiger partial charge in [0.1, 0.15) is 5.58 Å². The van der Waals surface area contributed by atoms with Crippen LogP contribution in [0.15, 0.2) is 46.9 Å². The molecule has 2 heterocycles. The zero-order chi connectivity index (χ0) is 15.8. The molecule has 0 spiro atoms. The number of rotatable bonds is 4. The number of hydrogen-bond donors (Lipinski definition) is 2. The molecule has 2 N–H and O–H groups in total. The summed E-state index contributed by atoms with van der Waals surface area (Å²) in [6, 6.07) is 12.8. The predicted molar refractivity (Wildman–Crippen MR) is 83.1 cm³/mol. The Morgan fingerprint density at radius 1 is 1.09 bits per heavy atom. The van der Waals surface area contributed by atoms with Gasteiger partial charge in [0.05, 0.1) is 0 Å². The Morgan fingerprint density at radius 2 is 1.96 bits per heavy atom. The van der Waals surface area contributed by atoms with Crippen molar-refractivity contribution in [1.82, 2.24) is 0 Å². The van der Waals surface area contributed by atoms with Crippen LogP contribution in [-0.2, 0) is 6.54 Å². The van der Waals surface area contributed by atoms with Crippen LogP contribution in [0.3, 0.4) is 0 Å². The van der Waals surface area contributed by atoms with E-state index in [1.54, 1.807) is 6.07 Å². The minimum Gasteiger partial charge on any atom is -0.475 e. The first-order valence-corrected chi connectivity index (χ1v) is 7.08.